The lowest BCUT2D eigenvalue weighted by Gasteiger charge is -2.34. The van der Waals surface area contributed by atoms with E-state index in [2.05, 4.69) is 0 Å². The third kappa shape index (κ3) is 6.19. The van der Waals surface area contributed by atoms with Crippen LogP contribution in [0, 0.1) is 11.7 Å². The van der Waals surface area contributed by atoms with Crippen LogP contribution in [0.1, 0.15) is 36.8 Å². The predicted octanol–water partition coefficient (Wildman–Crippen LogP) is 5.24. The summed E-state index contributed by atoms with van der Waals surface area (Å²) < 4.78 is 53.7. The van der Waals surface area contributed by atoms with Gasteiger partial charge in [-0.1, -0.05) is 23.7 Å². The van der Waals surface area contributed by atoms with Crippen molar-refractivity contribution in [1.29, 1.82) is 0 Å². The Kier molecular flexibility index (Phi) is 8.63. The third-order valence-corrected chi connectivity index (χ3v) is 8.23. The van der Waals surface area contributed by atoms with Crippen LogP contribution in [0.2, 0.25) is 5.02 Å². The standard InChI is InChI=1S/C28H31ClF4N4O3/c1-17(38)36-12-10-19(11-13-36)26(39)37-15-22(18-4-7-21(30)8-5-18)25(16-37)35(3)27(40)34(2)24-14-20(28(31,32)33)6-9-23(24)29/h4-9,14,19,22,25H,10-13,15-16H2,1-3H3/t22-,25+/m0/s1. The zero-order valence-electron chi connectivity index (χ0n) is 22.4. The molecule has 216 valence electrons. The maximum absolute atomic E-state index is 13.7. The Hall–Kier alpha value is -3.34. The second kappa shape index (κ2) is 11.6. The monoisotopic (exact) mass is 582 g/mol. The zero-order chi connectivity index (χ0) is 29.4. The average Bonchev–Trinajstić information content (AvgIpc) is 3.37. The molecule has 2 aromatic rings. The number of likely N-dealkylation sites (N-methyl/N-ethyl adjacent to an activating group) is 1. The normalized spacial score (nSPS) is 20.0. The highest BCUT2D eigenvalue weighted by Gasteiger charge is 2.43. The number of anilines is 1. The molecule has 2 saturated heterocycles. The first-order chi connectivity index (χ1) is 18.8. The number of benzene rings is 2. The number of hydrogen-bond donors (Lipinski definition) is 0. The summed E-state index contributed by atoms with van der Waals surface area (Å²) >= 11 is 6.18. The van der Waals surface area contributed by atoms with Gasteiger partial charge >= 0.3 is 12.2 Å². The molecule has 2 aliphatic heterocycles. The van der Waals surface area contributed by atoms with Crippen LogP contribution in [0.4, 0.5) is 28.0 Å². The molecule has 0 saturated carbocycles. The first-order valence-corrected chi connectivity index (χ1v) is 13.3. The third-order valence-electron chi connectivity index (χ3n) is 7.91. The molecule has 2 aliphatic rings. The van der Waals surface area contributed by atoms with Crippen LogP contribution < -0.4 is 4.90 Å². The fourth-order valence-corrected chi connectivity index (χ4v) is 5.77. The quantitative estimate of drug-likeness (QED) is 0.463. The summed E-state index contributed by atoms with van der Waals surface area (Å²) in [6.45, 7) is 2.96. The SMILES string of the molecule is CC(=O)N1CCC(C(=O)N2C[C@@H](N(C)C(=O)N(C)c3cc(C(F)(F)F)ccc3Cl)[C@H](c3ccc(F)cc3)C2)CC1. The molecule has 40 heavy (non-hydrogen) atoms. The summed E-state index contributed by atoms with van der Waals surface area (Å²) in [5, 5.41) is -0.0209. The molecule has 4 amide bonds. The number of carbonyl (C=O) groups is 3. The molecule has 2 heterocycles. The number of amides is 4. The Labute approximate surface area is 235 Å². The van der Waals surface area contributed by atoms with Crippen molar-refractivity contribution in [1.82, 2.24) is 14.7 Å². The number of likely N-dealkylation sites (tertiary alicyclic amines) is 2. The molecular formula is C28H31ClF4N4O3. The highest BCUT2D eigenvalue weighted by atomic mass is 35.5. The Morgan fingerprint density at radius 3 is 2.15 bits per heavy atom. The molecule has 0 bridgehead atoms. The molecule has 0 aromatic heterocycles. The highest BCUT2D eigenvalue weighted by molar-refractivity contribution is 6.33. The number of carbonyl (C=O) groups excluding carboxylic acids is 3. The molecule has 2 fully saturated rings. The van der Waals surface area contributed by atoms with Crippen LogP contribution in [0.25, 0.3) is 0 Å². The van der Waals surface area contributed by atoms with E-state index >= 15 is 0 Å². The molecule has 4 rings (SSSR count). The van der Waals surface area contributed by atoms with Crippen molar-refractivity contribution in [3.8, 4) is 0 Å². The van der Waals surface area contributed by atoms with Gasteiger partial charge in [0, 0.05) is 59.0 Å². The number of alkyl halides is 3. The molecular weight excluding hydrogens is 552 g/mol. The summed E-state index contributed by atoms with van der Waals surface area (Å²) in [6.07, 6.45) is -3.55. The topological polar surface area (TPSA) is 64.2 Å². The van der Waals surface area contributed by atoms with Crippen molar-refractivity contribution in [3.05, 3.63) is 64.4 Å². The molecule has 2 atom stereocenters. The van der Waals surface area contributed by atoms with Crippen LogP contribution >= 0.6 is 11.6 Å². The first kappa shape index (κ1) is 29.6. The van der Waals surface area contributed by atoms with Gasteiger partial charge in [0.1, 0.15) is 5.82 Å². The van der Waals surface area contributed by atoms with E-state index in [0.717, 1.165) is 28.7 Å². The highest BCUT2D eigenvalue weighted by Crippen LogP contribution is 2.37. The number of urea groups is 1. The van der Waals surface area contributed by atoms with Gasteiger partial charge in [-0.2, -0.15) is 13.2 Å². The minimum absolute atomic E-state index is 0.0209. The van der Waals surface area contributed by atoms with E-state index in [1.165, 1.54) is 38.1 Å². The van der Waals surface area contributed by atoms with Gasteiger partial charge in [-0.05, 0) is 48.7 Å². The Balaban J connectivity index is 1.57. The number of nitrogens with zero attached hydrogens (tertiary/aromatic N) is 4. The lowest BCUT2D eigenvalue weighted by atomic mass is 9.93. The average molecular weight is 583 g/mol. The maximum atomic E-state index is 13.7. The van der Waals surface area contributed by atoms with Gasteiger partial charge in [0.25, 0.3) is 0 Å². The van der Waals surface area contributed by atoms with E-state index in [9.17, 15) is 31.9 Å². The zero-order valence-corrected chi connectivity index (χ0v) is 23.2. The van der Waals surface area contributed by atoms with E-state index in [0.29, 0.717) is 25.9 Å². The van der Waals surface area contributed by atoms with Gasteiger partial charge in [0.2, 0.25) is 11.8 Å². The van der Waals surface area contributed by atoms with Gasteiger partial charge in [-0.15, -0.1) is 0 Å². The van der Waals surface area contributed by atoms with Crippen molar-refractivity contribution < 1.29 is 31.9 Å². The fourth-order valence-electron chi connectivity index (χ4n) is 5.52. The Morgan fingerprint density at radius 1 is 0.950 bits per heavy atom. The minimum atomic E-state index is -4.62. The van der Waals surface area contributed by atoms with E-state index < -0.39 is 29.6 Å². The predicted molar refractivity (Wildman–Crippen MR) is 143 cm³/mol. The number of piperidine rings is 1. The lowest BCUT2D eigenvalue weighted by molar-refractivity contribution is -0.139. The molecule has 0 N–H and O–H groups in total. The molecule has 0 aliphatic carbocycles. The summed E-state index contributed by atoms with van der Waals surface area (Å²) in [7, 11) is 2.87. The molecule has 12 heteroatoms. The van der Waals surface area contributed by atoms with Gasteiger partial charge in [-0.25, -0.2) is 9.18 Å². The van der Waals surface area contributed by atoms with Crippen molar-refractivity contribution in [2.75, 3.05) is 45.2 Å². The number of halogens is 5. The maximum Gasteiger partial charge on any atom is 0.416 e. The summed E-state index contributed by atoms with van der Waals surface area (Å²) in [4.78, 5) is 44.6. The van der Waals surface area contributed by atoms with Crippen LogP contribution in [0.3, 0.4) is 0 Å². The molecule has 7 nitrogen and oxygen atoms in total. The van der Waals surface area contributed by atoms with Gasteiger partial charge in [0.15, 0.2) is 0 Å². The smallest absolute Gasteiger partial charge is 0.343 e. The van der Waals surface area contributed by atoms with Crippen molar-refractivity contribution >= 4 is 35.1 Å². The van der Waals surface area contributed by atoms with Gasteiger partial charge < -0.3 is 14.7 Å². The molecule has 0 radical (unpaired) electrons. The van der Waals surface area contributed by atoms with E-state index in [1.54, 1.807) is 21.9 Å². The number of rotatable bonds is 4. The van der Waals surface area contributed by atoms with Crippen molar-refractivity contribution in [2.45, 2.75) is 37.9 Å². The van der Waals surface area contributed by atoms with E-state index in [-0.39, 0.29) is 47.4 Å². The molecule has 0 spiro atoms. The van der Waals surface area contributed by atoms with Gasteiger partial charge in [-0.3, -0.25) is 14.5 Å². The fraction of sp³-hybridized carbons (Fsp3) is 0.464. The minimum Gasteiger partial charge on any atom is -0.343 e. The second-order valence-corrected chi connectivity index (χ2v) is 10.8. The van der Waals surface area contributed by atoms with Crippen molar-refractivity contribution in [2.24, 2.45) is 5.92 Å². The Bertz CT molecular complexity index is 1270. The number of hydrogen-bond acceptors (Lipinski definition) is 3. The lowest BCUT2D eigenvalue weighted by Crippen LogP contribution is -2.48. The van der Waals surface area contributed by atoms with Crippen LogP contribution in [-0.4, -0.2) is 78.9 Å². The van der Waals surface area contributed by atoms with E-state index in [4.69, 9.17) is 11.6 Å². The van der Waals surface area contributed by atoms with Crippen LogP contribution in [0.5, 0.6) is 0 Å². The first-order valence-electron chi connectivity index (χ1n) is 12.9. The summed E-state index contributed by atoms with van der Waals surface area (Å²) in [5.74, 6) is -1.16. The second-order valence-electron chi connectivity index (χ2n) is 10.4. The summed E-state index contributed by atoms with van der Waals surface area (Å²) in [6, 6.07) is 7.46. The van der Waals surface area contributed by atoms with Crippen LogP contribution in [-0.2, 0) is 15.8 Å². The molecule has 2 aromatic carbocycles. The largest absolute Gasteiger partial charge is 0.416 e. The summed E-state index contributed by atoms with van der Waals surface area (Å²) in [5.41, 5.74) is -0.311. The van der Waals surface area contributed by atoms with E-state index in [1.807, 2.05) is 0 Å². The van der Waals surface area contributed by atoms with Gasteiger partial charge in [0.05, 0.1) is 22.3 Å². The molecule has 0 unspecified atom stereocenters. The van der Waals surface area contributed by atoms with Crippen molar-refractivity contribution in [3.63, 3.8) is 0 Å². The Morgan fingerprint density at radius 2 is 1.57 bits per heavy atom. The van der Waals surface area contributed by atoms with Crippen LogP contribution in [0.15, 0.2) is 42.5 Å².